The van der Waals surface area contributed by atoms with Crippen LogP contribution in [-0.4, -0.2) is 41.5 Å². The van der Waals surface area contributed by atoms with Gasteiger partial charge in [-0.2, -0.15) is 0 Å². The highest BCUT2D eigenvalue weighted by molar-refractivity contribution is 5.90. The molecule has 0 spiro atoms. The Labute approximate surface area is 113 Å². The van der Waals surface area contributed by atoms with Crippen molar-refractivity contribution in [3.8, 4) is 5.75 Å². The molecule has 2 atom stereocenters. The topological polar surface area (TPSA) is 78.8 Å². The Morgan fingerprint density at radius 1 is 1.37 bits per heavy atom. The third kappa shape index (κ3) is 5.72. The molecule has 0 heterocycles. The fourth-order valence-electron chi connectivity index (χ4n) is 1.83. The molecule has 0 aromatic heterocycles. The van der Waals surface area contributed by atoms with Crippen LogP contribution in [-0.2, 0) is 0 Å². The molecule has 19 heavy (non-hydrogen) atoms. The van der Waals surface area contributed by atoms with Gasteiger partial charge < -0.3 is 20.3 Å². The maximum atomic E-state index is 11.0. The molecule has 0 aliphatic rings. The number of carboxylic acids is 1. The van der Waals surface area contributed by atoms with Crippen LogP contribution in [0.15, 0.2) is 24.3 Å². The number of para-hydroxylation sites is 1. The average molecular weight is 267 g/mol. The molecule has 1 aromatic carbocycles. The molecular weight excluding hydrogens is 246 g/mol. The van der Waals surface area contributed by atoms with E-state index in [2.05, 4.69) is 5.32 Å². The Bertz CT molecular complexity index is 406. The molecule has 0 saturated heterocycles. The van der Waals surface area contributed by atoms with E-state index in [1.54, 1.807) is 25.1 Å². The Morgan fingerprint density at radius 3 is 2.68 bits per heavy atom. The Balaban J connectivity index is 2.35. The average Bonchev–Trinajstić information content (AvgIpc) is 2.34. The van der Waals surface area contributed by atoms with Gasteiger partial charge in [0.25, 0.3) is 0 Å². The summed E-state index contributed by atoms with van der Waals surface area (Å²) in [4.78, 5) is 11.0. The second kappa shape index (κ2) is 7.76. The first-order valence-corrected chi connectivity index (χ1v) is 6.37. The summed E-state index contributed by atoms with van der Waals surface area (Å²) < 4.78 is 5.45. The zero-order valence-corrected chi connectivity index (χ0v) is 11.3. The van der Waals surface area contributed by atoms with Gasteiger partial charge in [-0.25, -0.2) is 4.79 Å². The van der Waals surface area contributed by atoms with Crippen LogP contribution in [0, 0.1) is 0 Å². The summed E-state index contributed by atoms with van der Waals surface area (Å²) in [5.74, 6) is -0.619. The summed E-state index contributed by atoms with van der Waals surface area (Å²) >= 11 is 0. The fraction of sp³-hybridized carbons (Fsp3) is 0.500. The van der Waals surface area contributed by atoms with Crippen LogP contribution >= 0.6 is 0 Å². The lowest BCUT2D eigenvalue weighted by atomic mass is 10.1. The summed E-state index contributed by atoms with van der Waals surface area (Å²) in [5.41, 5.74) is 0.166. The predicted molar refractivity (Wildman–Crippen MR) is 72.7 cm³/mol. The Kier molecular flexibility index (Phi) is 6.32. The first kappa shape index (κ1) is 15.5. The van der Waals surface area contributed by atoms with Crippen LogP contribution in [0.4, 0.5) is 0 Å². The van der Waals surface area contributed by atoms with Gasteiger partial charge in [0, 0.05) is 12.6 Å². The van der Waals surface area contributed by atoms with Crippen molar-refractivity contribution in [1.82, 2.24) is 5.32 Å². The molecule has 2 unspecified atom stereocenters. The van der Waals surface area contributed by atoms with Crippen molar-refractivity contribution in [2.45, 2.75) is 32.4 Å². The van der Waals surface area contributed by atoms with Crippen molar-refractivity contribution in [2.75, 3.05) is 13.2 Å². The third-order valence-electron chi connectivity index (χ3n) is 2.66. The lowest BCUT2D eigenvalue weighted by Crippen LogP contribution is -2.32. The smallest absolute Gasteiger partial charge is 0.339 e. The lowest BCUT2D eigenvalue weighted by Gasteiger charge is -2.16. The van der Waals surface area contributed by atoms with E-state index in [1.807, 2.05) is 6.92 Å². The Morgan fingerprint density at radius 2 is 2.05 bits per heavy atom. The van der Waals surface area contributed by atoms with Crippen LogP contribution in [0.5, 0.6) is 5.75 Å². The Hall–Kier alpha value is -1.59. The fourth-order valence-corrected chi connectivity index (χ4v) is 1.83. The molecule has 0 saturated carbocycles. The number of benzene rings is 1. The van der Waals surface area contributed by atoms with E-state index in [4.69, 9.17) is 9.84 Å². The number of hydrogen-bond donors (Lipinski definition) is 3. The number of aliphatic hydroxyl groups excluding tert-OH is 1. The molecule has 5 nitrogen and oxygen atoms in total. The summed E-state index contributed by atoms with van der Waals surface area (Å²) in [6.07, 6.45) is 0.335. The summed E-state index contributed by atoms with van der Waals surface area (Å²) in [5, 5.41) is 21.4. The summed E-state index contributed by atoms with van der Waals surface area (Å²) in [6.45, 7) is 4.71. The quantitative estimate of drug-likeness (QED) is 0.622. The van der Waals surface area contributed by atoms with Gasteiger partial charge in [-0.3, -0.25) is 0 Å². The lowest BCUT2D eigenvalue weighted by molar-refractivity contribution is 0.0692. The minimum atomic E-state index is -0.994. The van der Waals surface area contributed by atoms with Gasteiger partial charge >= 0.3 is 5.97 Å². The zero-order valence-electron chi connectivity index (χ0n) is 11.3. The van der Waals surface area contributed by atoms with Crippen LogP contribution in [0.3, 0.4) is 0 Å². The van der Waals surface area contributed by atoms with Crippen LogP contribution in [0.2, 0.25) is 0 Å². The van der Waals surface area contributed by atoms with Gasteiger partial charge in [0.05, 0.1) is 6.10 Å². The number of rotatable bonds is 8. The first-order chi connectivity index (χ1) is 9.00. The van der Waals surface area contributed by atoms with Gasteiger partial charge in [-0.1, -0.05) is 12.1 Å². The van der Waals surface area contributed by atoms with Crippen molar-refractivity contribution in [3.63, 3.8) is 0 Å². The molecule has 5 heteroatoms. The van der Waals surface area contributed by atoms with Gasteiger partial charge in [0.2, 0.25) is 0 Å². The third-order valence-corrected chi connectivity index (χ3v) is 2.66. The van der Waals surface area contributed by atoms with E-state index in [0.717, 1.165) is 0 Å². The van der Waals surface area contributed by atoms with Crippen molar-refractivity contribution >= 4 is 5.97 Å². The maximum absolute atomic E-state index is 11.0. The van der Waals surface area contributed by atoms with Gasteiger partial charge in [-0.15, -0.1) is 0 Å². The molecule has 0 radical (unpaired) electrons. The minimum Gasteiger partial charge on any atom is -0.491 e. The molecule has 3 N–H and O–H groups in total. The van der Waals surface area contributed by atoms with Crippen LogP contribution in [0.1, 0.15) is 30.6 Å². The van der Waals surface area contributed by atoms with Crippen molar-refractivity contribution < 1.29 is 19.7 Å². The highest BCUT2D eigenvalue weighted by Gasteiger charge is 2.10. The largest absolute Gasteiger partial charge is 0.491 e. The van der Waals surface area contributed by atoms with Crippen LogP contribution in [0.25, 0.3) is 0 Å². The number of carboxylic acid groups (broad SMARTS) is 1. The number of hydrogen-bond acceptors (Lipinski definition) is 4. The SMILES string of the molecule is CC(O)CC(C)NCCOc1ccccc1C(=O)O. The first-order valence-electron chi connectivity index (χ1n) is 6.37. The normalized spacial score (nSPS) is 13.8. The maximum Gasteiger partial charge on any atom is 0.339 e. The molecule has 0 amide bonds. The molecule has 0 bridgehead atoms. The van der Waals surface area contributed by atoms with E-state index in [-0.39, 0.29) is 17.7 Å². The molecular formula is C14H21NO4. The monoisotopic (exact) mass is 267 g/mol. The molecule has 106 valence electrons. The number of aliphatic hydroxyl groups is 1. The van der Waals surface area contributed by atoms with E-state index >= 15 is 0 Å². The van der Waals surface area contributed by atoms with E-state index in [0.29, 0.717) is 25.3 Å². The molecule has 0 aliphatic carbocycles. The zero-order chi connectivity index (χ0) is 14.3. The predicted octanol–water partition coefficient (Wildman–Crippen LogP) is 1.51. The standard InChI is InChI=1S/C14H21NO4/c1-10(9-11(2)16)15-7-8-19-13-6-4-3-5-12(13)14(17)18/h3-6,10-11,15-16H,7-9H2,1-2H3,(H,17,18). The van der Waals surface area contributed by atoms with Gasteiger partial charge in [0.1, 0.15) is 17.9 Å². The summed E-state index contributed by atoms with van der Waals surface area (Å²) in [6, 6.07) is 6.76. The van der Waals surface area contributed by atoms with Crippen molar-refractivity contribution in [3.05, 3.63) is 29.8 Å². The number of nitrogens with one attached hydrogen (secondary N) is 1. The van der Waals surface area contributed by atoms with Crippen LogP contribution < -0.4 is 10.1 Å². The van der Waals surface area contributed by atoms with Gasteiger partial charge in [-0.05, 0) is 32.4 Å². The highest BCUT2D eigenvalue weighted by atomic mass is 16.5. The molecule has 1 aromatic rings. The van der Waals surface area contributed by atoms with Crippen molar-refractivity contribution in [1.29, 1.82) is 0 Å². The second-order valence-electron chi connectivity index (χ2n) is 4.59. The number of carbonyl (C=O) groups is 1. The summed E-state index contributed by atoms with van der Waals surface area (Å²) in [7, 11) is 0. The molecule has 1 rings (SSSR count). The highest BCUT2D eigenvalue weighted by Crippen LogP contribution is 2.17. The number of aromatic carboxylic acids is 1. The molecule has 0 aliphatic heterocycles. The van der Waals surface area contributed by atoms with E-state index in [1.165, 1.54) is 6.07 Å². The van der Waals surface area contributed by atoms with Crippen molar-refractivity contribution in [2.24, 2.45) is 0 Å². The van der Waals surface area contributed by atoms with E-state index in [9.17, 15) is 9.90 Å². The van der Waals surface area contributed by atoms with E-state index < -0.39 is 5.97 Å². The minimum absolute atomic E-state index is 0.166. The molecule has 0 fully saturated rings. The van der Waals surface area contributed by atoms with Gasteiger partial charge in [0.15, 0.2) is 0 Å². The number of ether oxygens (including phenoxy) is 1. The second-order valence-corrected chi connectivity index (χ2v) is 4.59.